The summed E-state index contributed by atoms with van der Waals surface area (Å²) in [6.45, 7) is 0.0336. The van der Waals surface area contributed by atoms with Crippen LogP contribution in [0.5, 0.6) is 0 Å². The Morgan fingerprint density at radius 1 is 1.12 bits per heavy atom. The van der Waals surface area contributed by atoms with Crippen LogP contribution in [0.1, 0.15) is 22.5 Å². The van der Waals surface area contributed by atoms with Gasteiger partial charge in [-0.3, -0.25) is 14.4 Å². The van der Waals surface area contributed by atoms with Crippen molar-refractivity contribution in [2.75, 3.05) is 17.6 Å². The largest absolute Gasteiger partial charge is 0.481 e. The van der Waals surface area contributed by atoms with Crippen molar-refractivity contribution in [1.82, 2.24) is 10.3 Å². The summed E-state index contributed by atoms with van der Waals surface area (Å²) >= 11 is 0. The number of benzene rings is 1. The van der Waals surface area contributed by atoms with Gasteiger partial charge in [-0.25, -0.2) is 4.98 Å². The first-order chi connectivity index (χ1) is 11.9. The highest BCUT2D eigenvalue weighted by molar-refractivity contribution is 5.97. The number of aromatic nitrogens is 1. The summed E-state index contributed by atoms with van der Waals surface area (Å²) in [4.78, 5) is 38.5. The summed E-state index contributed by atoms with van der Waals surface area (Å²) in [7, 11) is 0. The first-order valence-corrected chi connectivity index (χ1v) is 7.55. The van der Waals surface area contributed by atoms with Gasteiger partial charge in [0.2, 0.25) is 5.91 Å². The smallest absolute Gasteiger partial charge is 0.305 e. The van der Waals surface area contributed by atoms with Gasteiger partial charge in [0, 0.05) is 17.8 Å². The summed E-state index contributed by atoms with van der Waals surface area (Å²) in [6.07, 6.45) is -0.102. The van der Waals surface area contributed by atoms with Crippen molar-refractivity contribution in [1.29, 1.82) is 0 Å². The molecular formula is C17H18N4O4. The highest BCUT2D eigenvalue weighted by atomic mass is 16.4. The Morgan fingerprint density at radius 3 is 2.60 bits per heavy atom. The molecule has 0 saturated heterocycles. The lowest BCUT2D eigenvalue weighted by atomic mass is 10.1. The molecule has 0 aliphatic carbocycles. The number of nitrogens with two attached hydrogens (primary N) is 1. The van der Waals surface area contributed by atoms with E-state index in [1.54, 1.807) is 36.4 Å². The molecule has 130 valence electrons. The standard InChI is InChI=1S/C17H18N4O4/c18-14-6-2-5-13(20-14)10-15(22)21-12-4-1-3-11(9-12)17(25)19-8-7-16(23)24/h1-6,9H,7-8,10H2,(H2,18,20)(H,19,25)(H,21,22)(H,23,24). The van der Waals surface area contributed by atoms with E-state index in [-0.39, 0.29) is 25.3 Å². The van der Waals surface area contributed by atoms with Crippen LogP contribution in [0.15, 0.2) is 42.5 Å². The van der Waals surface area contributed by atoms with Crippen LogP contribution in [0.4, 0.5) is 11.5 Å². The van der Waals surface area contributed by atoms with Gasteiger partial charge in [-0.2, -0.15) is 0 Å². The minimum Gasteiger partial charge on any atom is -0.481 e. The molecule has 0 unspecified atom stereocenters. The SMILES string of the molecule is Nc1cccc(CC(=O)Nc2cccc(C(=O)NCCC(=O)O)c2)n1. The van der Waals surface area contributed by atoms with Crippen molar-refractivity contribution in [3.63, 3.8) is 0 Å². The van der Waals surface area contributed by atoms with Crippen LogP contribution in [0.3, 0.4) is 0 Å². The number of aliphatic carboxylic acids is 1. The highest BCUT2D eigenvalue weighted by Crippen LogP contribution is 2.11. The van der Waals surface area contributed by atoms with Crippen molar-refractivity contribution >= 4 is 29.3 Å². The number of hydrogen-bond donors (Lipinski definition) is 4. The van der Waals surface area contributed by atoms with Gasteiger partial charge in [-0.05, 0) is 30.3 Å². The lowest BCUT2D eigenvalue weighted by molar-refractivity contribution is -0.136. The van der Waals surface area contributed by atoms with Gasteiger partial charge in [0.05, 0.1) is 18.5 Å². The van der Waals surface area contributed by atoms with Gasteiger partial charge in [0.25, 0.3) is 5.91 Å². The van der Waals surface area contributed by atoms with E-state index in [9.17, 15) is 14.4 Å². The van der Waals surface area contributed by atoms with Gasteiger partial charge in [0.1, 0.15) is 5.82 Å². The quantitative estimate of drug-likeness (QED) is 0.594. The second kappa shape index (κ2) is 8.44. The third-order valence-corrected chi connectivity index (χ3v) is 3.20. The second-order valence-corrected chi connectivity index (χ2v) is 5.26. The second-order valence-electron chi connectivity index (χ2n) is 5.26. The van der Waals surface area contributed by atoms with Gasteiger partial charge in [-0.15, -0.1) is 0 Å². The van der Waals surface area contributed by atoms with Crippen molar-refractivity contribution in [2.24, 2.45) is 0 Å². The maximum atomic E-state index is 12.1. The first-order valence-electron chi connectivity index (χ1n) is 7.55. The van der Waals surface area contributed by atoms with Crippen LogP contribution in [0, 0.1) is 0 Å². The van der Waals surface area contributed by atoms with E-state index in [1.807, 2.05) is 0 Å². The zero-order valence-corrected chi connectivity index (χ0v) is 13.4. The van der Waals surface area contributed by atoms with Gasteiger partial charge in [0.15, 0.2) is 0 Å². The van der Waals surface area contributed by atoms with Gasteiger partial charge in [-0.1, -0.05) is 12.1 Å². The fraction of sp³-hybridized carbons (Fsp3) is 0.176. The third-order valence-electron chi connectivity index (χ3n) is 3.20. The number of carbonyl (C=O) groups is 3. The van der Waals surface area contributed by atoms with Gasteiger partial charge >= 0.3 is 5.97 Å². The van der Waals surface area contributed by atoms with Crippen molar-refractivity contribution in [3.05, 3.63) is 53.7 Å². The molecule has 1 heterocycles. The number of nitrogens with zero attached hydrogens (tertiary/aromatic N) is 1. The van der Waals surface area contributed by atoms with E-state index in [1.165, 1.54) is 6.07 Å². The Hall–Kier alpha value is -3.42. The average Bonchev–Trinajstić information content (AvgIpc) is 2.54. The molecule has 8 nitrogen and oxygen atoms in total. The fourth-order valence-electron chi connectivity index (χ4n) is 2.09. The molecule has 0 radical (unpaired) electrons. The summed E-state index contributed by atoms with van der Waals surface area (Å²) in [5.74, 6) is -1.35. The molecule has 0 atom stereocenters. The zero-order valence-electron chi connectivity index (χ0n) is 13.4. The molecule has 1 aromatic carbocycles. The first kappa shape index (κ1) is 17.9. The number of rotatable bonds is 7. The lowest BCUT2D eigenvalue weighted by Gasteiger charge is -2.08. The predicted molar refractivity (Wildman–Crippen MR) is 92.0 cm³/mol. The number of carboxylic acid groups (broad SMARTS) is 1. The van der Waals surface area contributed by atoms with Crippen molar-refractivity contribution in [3.8, 4) is 0 Å². The Labute approximate surface area is 144 Å². The van der Waals surface area contributed by atoms with Crippen molar-refractivity contribution < 1.29 is 19.5 Å². The van der Waals surface area contributed by atoms with E-state index < -0.39 is 11.9 Å². The molecule has 5 N–H and O–H groups in total. The van der Waals surface area contributed by atoms with E-state index in [0.29, 0.717) is 22.8 Å². The van der Waals surface area contributed by atoms with Crippen molar-refractivity contribution in [2.45, 2.75) is 12.8 Å². The maximum Gasteiger partial charge on any atom is 0.305 e. The van der Waals surface area contributed by atoms with Crippen LogP contribution >= 0.6 is 0 Å². The predicted octanol–water partition coefficient (Wildman–Crippen LogP) is 1.05. The summed E-state index contributed by atoms with van der Waals surface area (Å²) in [5.41, 5.74) is 6.90. The minimum absolute atomic E-state index is 0.0336. The molecule has 8 heteroatoms. The summed E-state index contributed by atoms with van der Waals surface area (Å²) in [5, 5.41) is 13.8. The molecule has 0 aliphatic heterocycles. The molecule has 2 aromatic rings. The van der Waals surface area contributed by atoms with Crippen LogP contribution in [0.25, 0.3) is 0 Å². The molecule has 25 heavy (non-hydrogen) atoms. The van der Waals surface area contributed by atoms with E-state index in [2.05, 4.69) is 15.6 Å². The molecule has 1 aromatic heterocycles. The highest BCUT2D eigenvalue weighted by Gasteiger charge is 2.09. The molecule has 2 rings (SSSR count). The number of nitrogen functional groups attached to an aromatic ring is 1. The number of hydrogen-bond acceptors (Lipinski definition) is 5. The number of amides is 2. The molecule has 0 bridgehead atoms. The topological polar surface area (TPSA) is 134 Å². The van der Waals surface area contributed by atoms with Crippen LogP contribution in [0.2, 0.25) is 0 Å². The molecule has 0 spiro atoms. The number of anilines is 2. The zero-order chi connectivity index (χ0) is 18.2. The molecule has 2 amide bonds. The number of pyridine rings is 1. The van der Waals surface area contributed by atoms with Crippen LogP contribution in [-0.2, 0) is 16.0 Å². The normalized spacial score (nSPS) is 10.1. The van der Waals surface area contributed by atoms with Crippen LogP contribution in [-0.4, -0.2) is 34.4 Å². The summed E-state index contributed by atoms with van der Waals surface area (Å²) in [6, 6.07) is 11.4. The average molecular weight is 342 g/mol. The van der Waals surface area contributed by atoms with Gasteiger partial charge < -0.3 is 21.5 Å². The van der Waals surface area contributed by atoms with E-state index in [0.717, 1.165) is 0 Å². The number of carbonyl (C=O) groups excluding carboxylic acids is 2. The molecule has 0 aliphatic rings. The Kier molecular flexibility index (Phi) is 6.05. The number of carboxylic acids is 1. The number of nitrogens with one attached hydrogen (secondary N) is 2. The Bertz CT molecular complexity index is 792. The molecule has 0 fully saturated rings. The van der Waals surface area contributed by atoms with E-state index in [4.69, 9.17) is 10.8 Å². The maximum absolute atomic E-state index is 12.1. The van der Waals surface area contributed by atoms with Crippen LogP contribution < -0.4 is 16.4 Å². The summed E-state index contributed by atoms with van der Waals surface area (Å²) < 4.78 is 0. The lowest BCUT2D eigenvalue weighted by Crippen LogP contribution is -2.26. The van der Waals surface area contributed by atoms with E-state index >= 15 is 0 Å². The minimum atomic E-state index is -0.989. The fourth-order valence-corrected chi connectivity index (χ4v) is 2.09. The monoisotopic (exact) mass is 342 g/mol. The molecule has 0 saturated carbocycles. The Morgan fingerprint density at radius 2 is 1.88 bits per heavy atom. The molecular weight excluding hydrogens is 324 g/mol. The third kappa shape index (κ3) is 5.94. The Balaban J connectivity index is 1.95.